The van der Waals surface area contributed by atoms with Crippen molar-refractivity contribution >= 4 is 0 Å². The number of rotatable bonds is 5. The van der Waals surface area contributed by atoms with Gasteiger partial charge in [-0.2, -0.15) is 0 Å². The zero-order chi connectivity index (χ0) is 13.7. The summed E-state index contributed by atoms with van der Waals surface area (Å²) < 4.78 is 0. The summed E-state index contributed by atoms with van der Waals surface area (Å²) in [6, 6.07) is 21.1. The van der Waals surface area contributed by atoms with E-state index in [0.29, 0.717) is 6.04 Å². The maximum Gasteiger partial charge on any atom is 0.0518 e. The van der Waals surface area contributed by atoms with E-state index in [2.05, 4.69) is 55.6 Å². The summed E-state index contributed by atoms with van der Waals surface area (Å²) in [4.78, 5) is 0. The highest BCUT2D eigenvalue weighted by molar-refractivity contribution is 5.27. The van der Waals surface area contributed by atoms with Gasteiger partial charge in [0.25, 0.3) is 0 Å². The lowest BCUT2D eigenvalue weighted by molar-refractivity contribution is 0.415. The van der Waals surface area contributed by atoms with Gasteiger partial charge in [0.2, 0.25) is 0 Å². The zero-order valence-corrected chi connectivity index (χ0v) is 11.6. The molecule has 2 heteroatoms. The van der Waals surface area contributed by atoms with Gasteiger partial charge in [0.15, 0.2) is 0 Å². The van der Waals surface area contributed by atoms with Crippen LogP contribution in [-0.4, -0.2) is 6.04 Å². The fourth-order valence-electron chi connectivity index (χ4n) is 2.29. The van der Waals surface area contributed by atoms with E-state index in [1.807, 2.05) is 24.3 Å². The Balaban J connectivity index is 2.28. The quantitative estimate of drug-likeness (QED) is 0.858. The molecule has 2 atom stereocenters. The molecule has 0 saturated carbocycles. The average Bonchev–Trinajstić information content (AvgIpc) is 2.46. The van der Waals surface area contributed by atoms with Crippen molar-refractivity contribution < 1.29 is 0 Å². The van der Waals surface area contributed by atoms with Crippen LogP contribution in [0.3, 0.4) is 0 Å². The Hall–Kier alpha value is -1.64. The van der Waals surface area contributed by atoms with E-state index in [-0.39, 0.29) is 12.1 Å². The summed E-state index contributed by atoms with van der Waals surface area (Å²) in [5, 5.41) is 3.57. The van der Waals surface area contributed by atoms with E-state index in [0.717, 1.165) is 5.56 Å². The molecular weight excluding hydrogens is 232 g/mol. The molecule has 0 aromatic heterocycles. The van der Waals surface area contributed by atoms with Crippen molar-refractivity contribution in [2.45, 2.75) is 32.0 Å². The molecular formula is C17H22N2. The first-order valence-corrected chi connectivity index (χ1v) is 6.80. The van der Waals surface area contributed by atoms with Crippen LogP contribution in [0.25, 0.3) is 0 Å². The standard InChI is InChI=1S/C17H22N2/c1-13(2)19-17(15-11-7-4-8-12-15)16(18)14-9-5-3-6-10-14/h3-13,16-17,19H,18H2,1-2H3. The SMILES string of the molecule is CC(C)NC(c1ccccc1)C(N)c1ccccc1. The van der Waals surface area contributed by atoms with Gasteiger partial charge in [0.1, 0.15) is 0 Å². The normalized spacial score (nSPS) is 14.3. The molecule has 0 radical (unpaired) electrons. The van der Waals surface area contributed by atoms with Crippen LogP contribution in [0.5, 0.6) is 0 Å². The van der Waals surface area contributed by atoms with Crippen molar-refractivity contribution in [1.82, 2.24) is 5.32 Å². The third-order valence-corrected chi connectivity index (χ3v) is 3.22. The van der Waals surface area contributed by atoms with Crippen molar-refractivity contribution in [3.8, 4) is 0 Å². The van der Waals surface area contributed by atoms with Crippen LogP contribution >= 0.6 is 0 Å². The molecule has 3 N–H and O–H groups in total. The summed E-state index contributed by atoms with van der Waals surface area (Å²) in [5.41, 5.74) is 8.84. The van der Waals surface area contributed by atoms with Crippen molar-refractivity contribution in [2.75, 3.05) is 0 Å². The van der Waals surface area contributed by atoms with Gasteiger partial charge < -0.3 is 11.1 Å². The van der Waals surface area contributed by atoms with Crippen molar-refractivity contribution in [3.05, 3.63) is 71.8 Å². The van der Waals surface area contributed by atoms with Crippen LogP contribution < -0.4 is 11.1 Å². The lowest BCUT2D eigenvalue weighted by atomic mass is 9.93. The second-order valence-electron chi connectivity index (χ2n) is 5.15. The third-order valence-electron chi connectivity index (χ3n) is 3.22. The molecule has 0 amide bonds. The van der Waals surface area contributed by atoms with Crippen LogP contribution in [0.4, 0.5) is 0 Å². The summed E-state index contributed by atoms with van der Waals surface area (Å²) in [7, 11) is 0. The van der Waals surface area contributed by atoms with Crippen molar-refractivity contribution in [3.63, 3.8) is 0 Å². The summed E-state index contributed by atoms with van der Waals surface area (Å²) in [5.74, 6) is 0. The van der Waals surface area contributed by atoms with Crippen LogP contribution in [0.15, 0.2) is 60.7 Å². The van der Waals surface area contributed by atoms with Gasteiger partial charge in [-0.25, -0.2) is 0 Å². The second kappa shape index (κ2) is 6.50. The minimum Gasteiger partial charge on any atom is -0.322 e. The Morgan fingerprint density at radius 1 is 0.789 bits per heavy atom. The van der Waals surface area contributed by atoms with Gasteiger partial charge in [0, 0.05) is 12.1 Å². The first-order chi connectivity index (χ1) is 9.18. The number of nitrogens with two attached hydrogens (primary N) is 1. The molecule has 0 aliphatic carbocycles. The minimum atomic E-state index is -0.0500. The van der Waals surface area contributed by atoms with Crippen LogP contribution in [-0.2, 0) is 0 Å². The van der Waals surface area contributed by atoms with Gasteiger partial charge in [0.05, 0.1) is 6.04 Å². The van der Waals surface area contributed by atoms with Gasteiger partial charge in [-0.15, -0.1) is 0 Å². The number of nitrogens with one attached hydrogen (secondary N) is 1. The van der Waals surface area contributed by atoms with E-state index in [9.17, 15) is 0 Å². The second-order valence-corrected chi connectivity index (χ2v) is 5.15. The number of hydrogen-bond donors (Lipinski definition) is 2. The van der Waals surface area contributed by atoms with E-state index >= 15 is 0 Å². The molecule has 2 aromatic carbocycles. The summed E-state index contributed by atoms with van der Waals surface area (Å²) in [6.07, 6.45) is 0. The van der Waals surface area contributed by atoms with Crippen LogP contribution in [0.1, 0.15) is 37.1 Å². The topological polar surface area (TPSA) is 38.0 Å². The molecule has 0 heterocycles. The molecule has 0 saturated heterocycles. The monoisotopic (exact) mass is 254 g/mol. The molecule has 2 nitrogen and oxygen atoms in total. The molecule has 0 aliphatic heterocycles. The molecule has 2 rings (SSSR count). The Bertz CT molecular complexity index is 479. The van der Waals surface area contributed by atoms with Gasteiger partial charge in [-0.3, -0.25) is 0 Å². The predicted molar refractivity (Wildman–Crippen MR) is 80.8 cm³/mol. The number of benzene rings is 2. The average molecular weight is 254 g/mol. The molecule has 2 unspecified atom stereocenters. The molecule has 0 bridgehead atoms. The Morgan fingerprint density at radius 2 is 1.26 bits per heavy atom. The highest BCUT2D eigenvalue weighted by Crippen LogP contribution is 2.27. The molecule has 0 spiro atoms. The molecule has 2 aromatic rings. The Morgan fingerprint density at radius 3 is 1.74 bits per heavy atom. The summed E-state index contributed by atoms with van der Waals surface area (Å²) in [6.45, 7) is 4.29. The smallest absolute Gasteiger partial charge is 0.0518 e. The highest BCUT2D eigenvalue weighted by atomic mass is 15.0. The maximum atomic E-state index is 6.46. The van der Waals surface area contributed by atoms with E-state index in [4.69, 9.17) is 5.73 Å². The first kappa shape index (κ1) is 13.8. The predicted octanol–water partition coefficient (Wildman–Crippen LogP) is 3.43. The third kappa shape index (κ3) is 3.66. The minimum absolute atomic E-state index is 0.0500. The maximum absolute atomic E-state index is 6.46. The Kier molecular flexibility index (Phi) is 4.72. The molecule has 100 valence electrons. The van der Waals surface area contributed by atoms with E-state index < -0.39 is 0 Å². The lowest BCUT2D eigenvalue weighted by Crippen LogP contribution is -2.35. The zero-order valence-electron chi connectivity index (χ0n) is 11.6. The highest BCUT2D eigenvalue weighted by Gasteiger charge is 2.21. The van der Waals surface area contributed by atoms with E-state index in [1.54, 1.807) is 0 Å². The van der Waals surface area contributed by atoms with Crippen LogP contribution in [0, 0.1) is 0 Å². The van der Waals surface area contributed by atoms with Crippen LogP contribution in [0.2, 0.25) is 0 Å². The summed E-state index contributed by atoms with van der Waals surface area (Å²) >= 11 is 0. The number of hydrogen-bond acceptors (Lipinski definition) is 2. The largest absolute Gasteiger partial charge is 0.322 e. The molecule has 0 fully saturated rings. The van der Waals surface area contributed by atoms with Gasteiger partial charge >= 0.3 is 0 Å². The first-order valence-electron chi connectivity index (χ1n) is 6.80. The molecule has 0 aliphatic rings. The fourth-order valence-corrected chi connectivity index (χ4v) is 2.29. The van der Waals surface area contributed by atoms with Gasteiger partial charge in [-0.1, -0.05) is 74.5 Å². The lowest BCUT2D eigenvalue weighted by Gasteiger charge is -2.28. The van der Waals surface area contributed by atoms with E-state index in [1.165, 1.54) is 5.56 Å². The van der Waals surface area contributed by atoms with Crippen molar-refractivity contribution in [2.24, 2.45) is 5.73 Å². The van der Waals surface area contributed by atoms with Gasteiger partial charge in [-0.05, 0) is 11.1 Å². The molecule has 19 heavy (non-hydrogen) atoms. The Labute approximate surface area is 115 Å². The fraction of sp³-hybridized carbons (Fsp3) is 0.294. The van der Waals surface area contributed by atoms with Crippen molar-refractivity contribution in [1.29, 1.82) is 0 Å².